The van der Waals surface area contributed by atoms with Crippen LogP contribution in [0.4, 0.5) is 0 Å². The first-order valence-corrected chi connectivity index (χ1v) is 17.6. The lowest BCUT2D eigenvalue weighted by molar-refractivity contribution is 0.400. The van der Waals surface area contributed by atoms with Crippen LogP contribution in [0.1, 0.15) is 109 Å². The molecule has 0 N–H and O–H groups in total. The SMILES string of the molecule is CCc1cc2c(cc(C(C)C(CC3=CC4C5CCCCC45C=C3)c3ccc(C)c(C)c3)c3ccccc32)c2c1C=CC1CC21. The molecule has 4 aromatic rings. The Bertz CT molecular complexity index is 1930. The third-order valence-corrected chi connectivity index (χ3v) is 13.0. The van der Waals surface area contributed by atoms with Gasteiger partial charge >= 0.3 is 0 Å². The molecule has 5 aliphatic rings. The fourth-order valence-corrected chi connectivity index (χ4v) is 10.1. The van der Waals surface area contributed by atoms with Crippen molar-refractivity contribution in [1.29, 1.82) is 0 Å². The van der Waals surface area contributed by atoms with Crippen molar-refractivity contribution in [2.24, 2.45) is 23.2 Å². The third-order valence-electron chi connectivity index (χ3n) is 13.0. The van der Waals surface area contributed by atoms with Gasteiger partial charge in [0.25, 0.3) is 0 Å². The highest BCUT2D eigenvalue weighted by atomic mass is 14.7. The molecule has 0 saturated heterocycles. The predicted molar refractivity (Wildman–Crippen MR) is 188 cm³/mol. The Morgan fingerprint density at radius 2 is 1.75 bits per heavy atom. The average molecular weight is 575 g/mol. The molecule has 44 heavy (non-hydrogen) atoms. The summed E-state index contributed by atoms with van der Waals surface area (Å²) in [7, 11) is 0. The summed E-state index contributed by atoms with van der Waals surface area (Å²) in [4.78, 5) is 0. The van der Waals surface area contributed by atoms with Crippen LogP contribution >= 0.6 is 0 Å². The van der Waals surface area contributed by atoms with Crippen molar-refractivity contribution in [1.82, 2.24) is 0 Å². The zero-order chi connectivity index (χ0) is 29.7. The van der Waals surface area contributed by atoms with Crippen LogP contribution in [0.2, 0.25) is 0 Å². The lowest BCUT2D eigenvalue weighted by Gasteiger charge is -2.29. The van der Waals surface area contributed by atoms with E-state index in [2.05, 4.69) is 113 Å². The molecule has 9 rings (SSSR count). The summed E-state index contributed by atoms with van der Waals surface area (Å²) in [5.41, 5.74) is 12.6. The number of allylic oxidation sites excluding steroid dienone is 5. The first kappa shape index (κ1) is 27.0. The summed E-state index contributed by atoms with van der Waals surface area (Å²) in [6, 6.07) is 21.8. The van der Waals surface area contributed by atoms with Crippen molar-refractivity contribution in [2.75, 3.05) is 0 Å². The number of rotatable bonds is 6. The maximum atomic E-state index is 2.72. The molecule has 3 fully saturated rings. The first-order valence-electron chi connectivity index (χ1n) is 17.6. The van der Waals surface area contributed by atoms with Crippen LogP contribution in [-0.4, -0.2) is 0 Å². The first-order chi connectivity index (χ1) is 21.5. The minimum absolute atomic E-state index is 0.397. The van der Waals surface area contributed by atoms with E-state index >= 15 is 0 Å². The molecule has 222 valence electrons. The fourth-order valence-electron chi connectivity index (χ4n) is 10.1. The Hall–Kier alpha value is -3.38. The minimum atomic E-state index is 0.397. The molecule has 0 aromatic heterocycles. The fraction of sp³-hybridized carbons (Fsp3) is 0.409. The van der Waals surface area contributed by atoms with Crippen molar-refractivity contribution >= 4 is 27.6 Å². The van der Waals surface area contributed by atoms with Crippen LogP contribution in [0.15, 0.2) is 84.5 Å². The monoisotopic (exact) mass is 574 g/mol. The number of aryl methyl sites for hydroxylation is 3. The Morgan fingerprint density at radius 3 is 2.59 bits per heavy atom. The summed E-state index contributed by atoms with van der Waals surface area (Å²) >= 11 is 0. The van der Waals surface area contributed by atoms with Crippen molar-refractivity contribution in [3.05, 3.63) is 123 Å². The lowest BCUT2D eigenvalue weighted by atomic mass is 9.75. The number of hydrogen-bond donors (Lipinski definition) is 0. The lowest BCUT2D eigenvalue weighted by Crippen LogP contribution is -2.13. The van der Waals surface area contributed by atoms with Crippen LogP contribution in [0.3, 0.4) is 0 Å². The topological polar surface area (TPSA) is 0 Å². The van der Waals surface area contributed by atoms with Gasteiger partial charge in [-0.1, -0.05) is 105 Å². The van der Waals surface area contributed by atoms with Gasteiger partial charge in [-0.05, 0) is 159 Å². The minimum Gasteiger partial charge on any atom is -0.0802 e. The van der Waals surface area contributed by atoms with E-state index in [0.717, 1.165) is 30.6 Å². The second-order valence-electron chi connectivity index (χ2n) is 15.2. The highest BCUT2D eigenvalue weighted by molar-refractivity contribution is 6.11. The summed E-state index contributed by atoms with van der Waals surface area (Å²) in [5, 5.41) is 5.88. The number of hydrogen-bond acceptors (Lipinski definition) is 0. The van der Waals surface area contributed by atoms with Gasteiger partial charge in [0, 0.05) is 0 Å². The zero-order valence-corrected chi connectivity index (χ0v) is 27.0. The normalized spacial score (nSPS) is 29.0. The summed E-state index contributed by atoms with van der Waals surface area (Å²) in [6.07, 6.45) is 22.1. The molecule has 7 atom stereocenters. The van der Waals surface area contributed by atoms with Gasteiger partial charge in [0.15, 0.2) is 0 Å². The maximum absolute atomic E-state index is 2.72. The van der Waals surface area contributed by atoms with E-state index in [9.17, 15) is 0 Å². The van der Waals surface area contributed by atoms with Crippen LogP contribution in [0.5, 0.6) is 0 Å². The molecule has 0 nitrogen and oxygen atoms in total. The van der Waals surface area contributed by atoms with Crippen molar-refractivity contribution < 1.29 is 0 Å². The van der Waals surface area contributed by atoms with Gasteiger partial charge in [0.2, 0.25) is 0 Å². The van der Waals surface area contributed by atoms with Crippen LogP contribution in [-0.2, 0) is 6.42 Å². The standard InChI is InChI=1S/C44H46/c1-5-30-23-39-35-11-7-6-10-34(35)37(25-40(39)43-33(30)16-15-32-24-38(32)43)28(4)36(31-14-13-26(2)27(3)20-31)21-29-17-19-44-18-9-8-12-41(44)42(44)22-29/h6-7,10-11,13-17,19-20,22-23,25,28,32,36,38,41-42H,5,8-9,12,18,21,24H2,1-4H3. The summed E-state index contributed by atoms with van der Waals surface area (Å²) < 4.78 is 0. The summed E-state index contributed by atoms with van der Waals surface area (Å²) in [5.74, 6) is 3.98. The second kappa shape index (κ2) is 9.81. The Balaban J connectivity index is 1.20. The van der Waals surface area contributed by atoms with E-state index in [1.54, 1.807) is 11.1 Å². The number of benzene rings is 4. The van der Waals surface area contributed by atoms with Gasteiger partial charge in [-0.2, -0.15) is 0 Å². The molecule has 0 radical (unpaired) electrons. The van der Waals surface area contributed by atoms with Gasteiger partial charge in [-0.3, -0.25) is 0 Å². The average Bonchev–Trinajstić information content (AvgIpc) is 3.97. The van der Waals surface area contributed by atoms with Crippen LogP contribution in [0, 0.1) is 37.0 Å². The molecular formula is C44H46. The van der Waals surface area contributed by atoms with E-state index in [1.807, 2.05) is 0 Å². The largest absolute Gasteiger partial charge is 0.0802 e. The summed E-state index contributed by atoms with van der Waals surface area (Å²) in [6.45, 7) is 9.41. The third kappa shape index (κ3) is 3.95. The molecule has 3 saturated carbocycles. The van der Waals surface area contributed by atoms with Gasteiger partial charge in [-0.15, -0.1) is 0 Å². The molecule has 0 heterocycles. The molecule has 0 amide bonds. The van der Waals surface area contributed by atoms with Crippen LogP contribution < -0.4 is 0 Å². The predicted octanol–water partition coefficient (Wildman–Crippen LogP) is 11.9. The molecule has 7 unspecified atom stereocenters. The van der Waals surface area contributed by atoms with Gasteiger partial charge in [0.1, 0.15) is 0 Å². The maximum Gasteiger partial charge on any atom is -0.00150 e. The molecule has 1 spiro atoms. The second-order valence-corrected chi connectivity index (χ2v) is 15.2. The smallest absolute Gasteiger partial charge is 0.00150 e. The molecular weight excluding hydrogens is 528 g/mol. The van der Waals surface area contributed by atoms with Crippen molar-refractivity contribution in [3.8, 4) is 0 Å². The highest BCUT2D eigenvalue weighted by Crippen LogP contribution is 2.69. The van der Waals surface area contributed by atoms with Crippen molar-refractivity contribution in [2.45, 2.75) is 90.4 Å². The van der Waals surface area contributed by atoms with Gasteiger partial charge < -0.3 is 0 Å². The molecule has 0 heteroatoms. The van der Waals surface area contributed by atoms with E-state index in [0.29, 0.717) is 23.2 Å². The van der Waals surface area contributed by atoms with Crippen LogP contribution in [0.25, 0.3) is 27.6 Å². The number of fused-ring (bicyclic) bond motifs is 8. The van der Waals surface area contributed by atoms with Gasteiger partial charge in [0.05, 0.1) is 0 Å². The van der Waals surface area contributed by atoms with Crippen molar-refractivity contribution in [3.63, 3.8) is 0 Å². The van der Waals surface area contributed by atoms with E-state index in [4.69, 9.17) is 0 Å². The molecule has 4 aromatic carbocycles. The Morgan fingerprint density at radius 1 is 0.886 bits per heavy atom. The molecule has 0 aliphatic heterocycles. The van der Waals surface area contributed by atoms with E-state index in [1.165, 1.54) is 87.0 Å². The quantitative estimate of drug-likeness (QED) is 0.201. The van der Waals surface area contributed by atoms with E-state index in [-0.39, 0.29) is 0 Å². The van der Waals surface area contributed by atoms with E-state index < -0.39 is 0 Å². The van der Waals surface area contributed by atoms with Gasteiger partial charge in [-0.25, -0.2) is 0 Å². The molecule has 5 aliphatic carbocycles. The Labute approximate surface area is 264 Å². The zero-order valence-electron chi connectivity index (χ0n) is 27.0. The Kier molecular flexibility index (Phi) is 6.01. The highest BCUT2D eigenvalue weighted by Gasteiger charge is 2.62. The molecule has 0 bridgehead atoms.